The highest BCUT2D eigenvalue weighted by Gasteiger charge is 2.23. The lowest BCUT2D eigenvalue weighted by molar-refractivity contribution is -0.384. The van der Waals surface area contributed by atoms with Crippen LogP contribution in [0.1, 0.15) is 18.5 Å². The topological polar surface area (TPSA) is 116 Å². The van der Waals surface area contributed by atoms with E-state index in [1.54, 1.807) is 14.0 Å². The van der Waals surface area contributed by atoms with Crippen LogP contribution in [0.15, 0.2) is 0 Å². The molecule has 0 atom stereocenters. The van der Waals surface area contributed by atoms with Crippen LogP contribution in [0.2, 0.25) is 0 Å². The Morgan fingerprint density at radius 1 is 1.65 bits per heavy atom. The molecule has 0 unspecified atom stereocenters. The summed E-state index contributed by atoms with van der Waals surface area (Å²) in [7, 11) is 1.62. The number of hydrogen-bond acceptors (Lipinski definition) is 5. The Bertz CT molecular complexity index is 440. The summed E-state index contributed by atoms with van der Waals surface area (Å²) in [6, 6.07) is 0. The van der Waals surface area contributed by atoms with E-state index in [1.807, 2.05) is 0 Å². The summed E-state index contributed by atoms with van der Waals surface area (Å²) < 4.78 is 1.41. The van der Waals surface area contributed by atoms with Crippen LogP contribution >= 0.6 is 0 Å². The van der Waals surface area contributed by atoms with E-state index >= 15 is 0 Å². The highest BCUT2D eigenvalue weighted by atomic mass is 16.6. The van der Waals surface area contributed by atoms with Crippen LogP contribution < -0.4 is 11.1 Å². The molecule has 0 aliphatic rings. The first-order chi connectivity index (χ1) is 7.93. The fraction of sp³-hybridized carbons (Fsp3) is 0.556. The molecule has 0 spiro atoms. The molecule has 17 heavy (non-hydrogen) atoms. The van der Waals surface area contributed by atoms with Gasteiger partial charge in [0.1, 0.15) is 5.69 Å². The molecule has 1 aromatic rings. The third-order valence-electron chi connectivity index (χ3n) is 2.27. The summed E-state index contributed by atoms with van der Waals surface area (Å²) in [6.07, 6.45) is 0.772. The molecule has 1 amide bonds. The molecule has 0 fully saturated rings. The number of carbonyl (C=O) groups excluding carboxylic acids is 1. The van der Waals surface area contributed by atoms with Crippen molar-refractivity contribution in [2.24, 2.45) is 12.8 Å². The van der Waals surface area contributed by atoms with Crippen molar-refractivity contribution < 1.29 is 9.72 Å². The highest BCUT2D eigenvalue weighted by Crippen LogP contribution is 2.26. The predicted octanol–water partition coefficient (Wildman–Crippen LogP) is 0.314. The Labute approximate surface area is 97.9 Å². The Morgan fingerprint density at radius 3 is 2.82 bits per heavy atom. The maximum Gasteiger partial charge on any atom is 0.333 e. The summed E-state index contributed by atoms with van der Waals surface area (Å²) in [5.41, 5.74) is 5.31. The number of amides is 1. The number of nitrogens with zero attached hydrogens (tertiary/aromatic N) is 3. The van der Waals surface area contributed by atoms with Crippen LogP contribution in [-0.4, -0.2) is 27.2 Å². The van der Waals surface area contributed by atoms with Gasteiger partial charge in [-0.05, 0) is 13.3 Å². The quantitative estimate of drug-likeness (QED) is 0.422. The summed E-state index contributed by atoms with van der Waals surface area (Å²) in [4.78, 5) is 20.9. The second kappa shape index (κ2) is 5.28. The largest absolute Gasteiger partial charge is 0.370 e. The first kappa shape index (κ1) is 12.9. The zero-order chi connectivity index (χ0) is 13.0. The van der Waals surface area contributed by atoms with Crippen LogP contribution in [0.5, 0.6) is 0 Å². The van der Waals surface area contributed by atoms with Gasteiger partial charge in [0, 0.05) is 20.0 Å². The van der Waals surface area contributed by atoms with Crippen LogP contribution in [0.3, 0.4) is 0 Å². The number of carbonyl (C=O) groups is 1. The van der Waals surface area contributed by atoms with Crippen molar-refractivity contribution in [3.8, 4) is 0 Å². The van der Waals surface area contributed by atoms with E-state index in [0.29, 0.717) is 24.5 Å². The molecule has 0 aliphatic heterocycles. The predicted molar refractivity (Wildman–Crippen MR) is 61.5 cm³/mol. The van der Waals surface area contributed by atoms with Crippen molar-refractivity contribution in [3.05, 3.63) is 15.8 Å². The van der Waals surface area contributed by atoms with Crippen molar-refractivity contribution in [2.75, 3.05) is 11.9 Å². The SMILES string of the molecule is Cc1nn(C)c(NCCCC(N)=O)c1[N+](=O)[O-]. The number of rotatable bonds is 6. The molecule has 8 heteroatoms. The summed E-state index contributed by atoms with van der Waals surface area (Å²) in [5, 5.41) is 17.7. The van der Waals surface area contributed by atoms with Gasteiger partial charge in [0.2, 0.25) is 11.7 Å². The molecular formula is C9H15N5O3. The molecular weight excluding hydrogens is 226 g/mol. The molecule has 8 nitrogen and oxygen atoms in total. The number of primary amides is 1. The fourth-order valence-electron chi connectivity index (χ4n) is 1.53. The Hall–Kier alpha value is -2.12. The van der Waals surface area contributed by atoms with E-state index in [9.17, 15) is 14.9 Å². The lowest BCUT2D eigenvalue weighted by Crippen LogP contribution is -2.14. The van der Waals surface area contributed by atoms with Gasteiger partial charge >= 0.3 is 5.69 Å². The standard InChI is InChI=1S/C9H15N5O3/c1-6-8(14(16)17)9(13(2)12-6)11-5-3-4-7(10)15/h11H,3-5H2,1-2H3,(H2,10,15). The molecule has 1 heterocycles. The van der Waals surface area contributed by atoms with Crippen molar-refractivity contribution >= 4 is 17.4 Å². The van der Waals surface area contributed by atoms with E-state index in [2.05, 4.69) is 10.4 Å². The molecule has 0 saturated heterocycles. The van der Waals surface area contributed by atoms with Crippen molar-refractivity contribution in [1.29, 1.82) is 0 Å². The van der Waals surface area contributed by atoms with E-state index < -0.39 is 4.92 Å². The second-order valence-electron chi connectivity index (χ2n) is 3.66. The van der Waals surface area contributed by atoms with Crippen LogP contribution in [0.25, 0.3) is 0 Å². The molecule has 0 radical (unpaired) electrons. The van der Waals surface area contributed by atoms with Crippen LogP contribution in [-0.2, 0) is 11.8 Å². The highest BCUT2D eigenvalue weighted by molar-refractivity contribution is 5.73. The molecule has 0 saturated carbocycles. The number of nitrogens with one attached hydrogen (secondary N) is 1. The van der Waals surface area contributed by atoms with Crippen LogP contribution in [0, 0.1) is 17.0 Å². The molecule has 0 aliphatic carbocycles. The molecule has 0 bridgehead atoms. The first-order valence-corrected chi connectivity index (χ1v) is 5.13. The van der Waals surface area contributed by atoms with Gasteiger partial charge in [-0.25, -0.2) is 4.68 Å². The number of anilines is 1. The Morgan fingerprint density at radius 2 is 2.29 bits per heavy atom. The zero-order valence-corrected chi connectivity index (χ0v) is 9.77. The minimum atomic E-state index is -0.473. The molecule has 94 valence electrons. The lowest BCUT2D eigenvalue weighted by atomic mass is 10.3. The van der Waals surface area contributed by atoms with Gasteiger partial charge in [-0.2, -0.15) is 5.10 Å². The van der Waals surface area contributed by atoms with Crippen molar-refractivity contribution in [3.63, 3.8) is 0 Å². The zero-order valence-electron chi connectivity index (χ0n) is 9.77. The fourth-order valence-corrected chi connectivity index (χ4v) is 1.53. The smallest absolute Gasteiger partial charge is 0.333 e. The van der Waals surface area contributed by atoms with Gasteiger partial charge in [-0.1, -0.05) is 0 Å². The number of nitrogens with two attached hydrogens (primary N) is 1. The second-order valence-corrected chi connectivity index (χ2v) is 3.66. The van der Waals surface area contributed by atoms with Gasteiger partial charge in [0.25, 0.3) is 0 Å². The monoisotopic (exact) mass is 241 g/mol. The number of aromatic nitrogens is 2. The summed E-state index contributed by atoms with van der Waals surface area (Å²) >= 11 is 0. The third kappa shape index (κ3) is 3.16. The summed E-state index contributed by atoms with van der Waals surface area (Å²) in [5.74, 6) is -0.0422. The molecule has 1 aromatic heterocycles. The van der Waals surface area contributed by atoms with E-state index in [1.165, 1.54) is 4.68 Å². The van der Waals surface area contributed by atoms with E-state index in [4.69, 9.17) is 5.73 Å². The third-order valence-corrected chi connectivity index (χ3v) is 2.27. The number of nitro groups is 1. The number of aryl methyl sites for hydroxylation is 2. The molecule has 3 N–H and O–H groups in total. The van der Waals surface area contributed by atoms with E-state index in [0.717, 1.165) is 0 Å². The minimum absolute atomic E-state index is 0.0356. The maximum absolute atomic E-state index is 10.8. The van der Waals surface area contributed by atoms with Gasteiger partial charge < -0.3 is 11.1 Å². The Balaban J connectivity index is 2.70. The maximum atomic E-state index is 10.8. The Kier molecular flexibility index (Phi) is 4.02. The lowest BCUT2D eigenvalue weighted by Gasteiger charge is -2.04. The van der Waals surface area contributed by atoms with Gasteiger partial charge in [0.15, 0.2) is 0 Å². The average Bonchev–Trinajstić information content (AvgIpc) is 2.48. The van der Waals surface area contributed by atoms with E-state index in [-0.39, 0.29) is 18.0 Å². The number of hydrogen-bond donors (Lipinski definition) is 2. The van der Waals surface area contributed by atoms with Gasteiger partial charge in [-0.3, -0.25) is 14.9 Å². The van der Waals surface area contributed by atoms with Crippen molar-refractivity contribution in [1.82, 2.24) is 9.78 Å². The van der Waals surface area contributed by atoms with Crippen LogP contribution in [0.4, 0.5) is 11.5 Å². The van der Waals surface area contributed by atoms with Gasteiger partial charge in [0.05, 0.1) is 4.92 Å². The minimum Gasteiger partial charge on any atom is -0.370 e. The average molecular weight is 241 g/mol. The molecule has 0 aromatic carbocycles. The summed E-state index contributed by atoms with van der Waals surface area (Å²) in [6.45, 7) is 2.01. The normalized spacial score (nSPS) is 10.2. The van der Waals surface area contributed by atoms with Crippen molar-refractivity contribution in [2.45, 2.75) is 19.8 Å². The molecule has 1 rings (SSSR count). The first-order valence-electron chi connectivity index (χ1n) is 5.13. The van der Waals surface area contributed by atoms with Gasteiger partial charge in [-0.15, -0.1) is 0 Å².